The minimum atomic E-state index is -0.367. The first kappa shape index (κ1) is 14.3. The number of thioether (sulfide) groups is 1. The Labute approximate surface area is 119 Å². The van der Waals surface area contributed by atoms with Crippen molar-refractivity contribution >= 4 is 29.0 Å². The Morgan fingerprint density at radius 3 is 2.74 bits per heavy atom. The molecule has 1 aliphatic rings. The van der Waals surface area contributed by atoms with Crippen LogP contribution in [0, 0.1) is 0 Å². The average Bonchev–Trinajstić information content (AvgIpc) is 2.39. The predicted molar refractivity (Wildman–Crippen MR) is 82.7 cm³/mol. The average molecular weight is 278 g/mol. The van der Waals surface area contributed by atoms with Crippen molar-refractivity contribution in [3.8, 4) is 0 Å². The molecule has 104 valence electrons. The highest BCUT2D eigenvalue weighted by Crippen LogP contribution is 2.47. The molecule has 0 fully saturated rings. The van der Waals surface area contributed by atoms with Crippen LogP contribution in [0.15, 0.2) is 23.1 Å². The minimum absolute atomic E-state index is 0.228. The Bertz CT molecular complexity index is 489. The van der Waals surface area contributed by atoms with Crippen molar-refractivity contribution < 1.29 is 4.79 Å². The third-order valence-corrected chi connectivity index (χ3v) is 5.18. The van der Waals surface area contributed by atoms with Gasteiger partial charge in [0.1, 0.15) is 0 Å². The van der Waals surface area contributed by atoms with Gasteiger partial charge >= 0.3 is 0 Å². The van der Waals surface area contributed by atoms with Gasteiger partial charge in [0.15, 0.2) is 0 Å². The fraction of sp³-hybridized carbons (Fsp3) is 0.533. The van der Waals surface area contributed by atoms with Crippen LogP contribution in [0.1, 0.15) is 40.0 Å². The number of anilines is 2. The van der Waals surface area contributed by atoms with Gasteiger partial charge in [-0.3, -0.25) is 4.79 Å². The summed E-state index contributed by atoms with van der Waals surface area (Å²) < 4.78 is -0.367. The van der Waals surface area contributed by atoms with Gasteiger partial charge in [-0.05, 0) is 38.0 Å². The van der Waals surface area contributed by atoms with E-state index in [4.69, 9.17) is 5.73 Å². The number of nitrogens with two attached hydrogens (primary N) is 1. The summed E-state index contributed by atoms with van der Waals surface area (Å²) in [6.45, 7) is 7.04. The molecule has 1 aromatic carbocycles. The van der Waals surface area contributed by atoms with Crippen LogP contribution < -0.4 is 10.6 Å². The second-order valence-electron chi connectivity index (χ2n) is 5.22. The fourth-order valence-electron chi connectivity index (χ4n) is 2.28. The second-order valence-corrected chi connectivity index (χ2v) is 6.77. The van der Waals surface area contributed by atoms with E-state index in [1.807, 2.05) is 30.0 Å². The van der Waals surface area contributed by atoms with E-state index in [-0.39, 0.29) is 10.7 Å². The van der Waals surface area contributed by atoms with E-state index in [1.165, 1.54) is 0 Å². The van der Waals surface area contributed by atoms with Gasteiger partial charge in [0.2, 0.25) is 5.91 Å². The van der Waals surface area contributed by atoms with Crippen LogP contribution in [0.3, 0.4) is 0 Å². The van der Waals surface area contributed by atoms with Crippen molar-refractivity contribution in [3.63, 3.8) is 0 Å². The highest BCUT2D eigenvalue weighted by molar-refractivity contribution is 8.01. The third-order valence-electron chi connectivity index (χ3n) is 3.72. The second kappa shape index (κ2) is 5.45. The zero-order valence-electron chi connectivity index (χ0n) is 11.9. The number of fused-ring (bicyclic) bond motifs is 1. The first-order valence-electron chi connectivity index (χ1n) is 6.92. The summed E-state index contributed by atoms with van der Waals surface area (Å²) in [5.74, 6) is 0.228. The summed E-state index contributed by atoms with van der Waals surface area (Å²) in [4.78, 5) is 15.8. The molecule has 3 nitrogen and oxygen atoms in total. The topological polar surface area (TPSA) is 46.3 Å². The molecule has 0 bridgehead atoms. The van der Waals surface area contributed by atoms with Crippen molar-refractivity contribution in [3.05, 3.63) is 18.2 Å². The number of amides is 1. The Kier molecular flexibility index (Phi) is 4.09. The summed E-state index contributed by atoms with van der Waals surface area (Å²) >= 11 is 1.65. The molecule has 0 spiro atoms. The van der Waals surface area contributed by atoms with Crippen LogP contribution in [0.25, 0.3) is 0 Å². The van der Waals surface area contributed by atoms with E-state index in [9.17, 15) is 4.79 Å². The molecule has 2 rings (SSSR count). The number of hydrogen-bond acceptors (Lipinski definition) is 3. The van der Waals surface area contributed by atoms with E-state index in [0.29, 0.717) is 0 Å². The highest BCUT2D eigenvalue weighted by atomic mass is 32.2. The molecule has 0 saturated carbocycles. The SMILES string of the molecule is CCCCN1C(=O)C(C)(CC)Sc2cc(N)ccc21. The fourth-order valence-corrected chi connectivity index (χ4v) is 3.58. The predicted octanol–water partition coefficient (Wildman–Crippen LogP) is 3.68. The normalized spacial score (nSPS) is 22.5. The molecule has 1 heterocycles. The summed E-state index contributed by atoms with van der Waals surface area (Å²) in [6, 6.07) is 5.83. The maximum Gasteiger partial charge on any atom is 0.243 e. The standard InChI is InChI=1S/C15H22N2OS/c1-4-6-9-17-12-8-7-11(16)10-13(12)19-15(3,5-2)14(17)18/h7-8,10H,4-6,9,16H2,1-3H3. The quantitative estimate of drug-likeness (QED) is 0.855. The zero-order valence-corrected chi connectivity index (χ0v) is 12.7. The smallest absolute Gasteiger partial charge is 0.243 e. The van der Waals surface area contributed by atoms with Crippen molar-refractivity contribution in [2.75, 3.05) is 17.2 Å². The van der Waals surface area contributed by atoms with Crippen LogP contribution in [0.4, 0.5) is 11.4 Å². The number of carbonyl (C=O) groups is 1. The van der Waals surface area contributed by atoms with E-state index < -0.39 is 0 Å². The molecular formula is C15H22N2OS. The summed E-state index contributed by atoms with van der Waals surface area (Å²) in [7, 11) is 0. The monoisotopic (exact) mass is 278 g/mol. The van der Waals surface area contributed by atoms with E-state index >= 15 is 0 Å². The Morgan fingerprint density at radius 1 is 1.37 bits per heavy atom. The molecule has 0 aliphatic carbocycles. The van der Waals surface area contributed by atoms with Gasteiger partial charge in [-0.25, -0.2) is 0 Å². The van der Waals surface area contributed by atoms with Crippen molar-refractivity contribution in [2.24, 2.45) is 0 Å². The molecule has 4 heteroatoms. The number of benzene rings is 1. The number of unbranched alkanes of at least 4 members (excludes halogenated alkanes) is 1. The maximum atomic E-state index is 12.7. The Balaban J connectivity index is 2.43. The maximum absolute atomic E-state index is 12.7. The highest BCUT2D eigenvalue weighted by Gasteiger charge is 2.41. The molecular weight excluding hydrogens is 256 g/mol. The van der Waals surface area contributed by atoms with Crippen LogP contribution in [-0.4, -0.2) is 17.2 Å². The molecule has 0 saturated heterocycles. The summed E-state index contributed by atoms with van der Waals surface area (Å²) in [6.07, 6.45) is 2.94. The van der Waals surface area contributed by atoms with E-state index in [2.05, 4.69) is 13.8 Å². The number of carbonyl (C=O) groups excluding carboxylic acids is 1. The lowest BCUT2D eigenvalue weighted by atomic mass is 10.0. The largest absolute Gasteiger partial charge is 0.399 e. The lowest BCUT2D eigenvalue weighted by Gasteiger charge is -2.39. The molecule has 19 heavy (non-hydrogen) atoms. The van der Waals surface area contributed by atoms with Crippen molar-refractivity contribution in [1.82, 2.24) is 0 Å². The molecule has 1 unspecified atom stereocenters. The zero-order chi connectivity index (χ0) is 14.0. The molecule has 0 radical (unpaired) electrons. The summed E-state index contributed by atoms with van der Waals surface area (Å²) in [5.41, 5.74) is 7.65. The Morgan fingerprint density at radius 2 is 2.11 bits per heavy atom. The number of hydrogen-bond donors (Lipinski definition) is 1. The molecule has 0 aromatic heterocycles. The van der Waals surface area contributed by atoms with E-state index in [0.717, 1.165) is 42.1 Å². The van der Waals surface area contributed by atoms with Gasteiger partial charge in [0.05, 0.1) is 10.4 Å². The number of nitrogens with zero attached hydrogens (tertiary/aromatic N) is 1. The van der Waals surface area contributed by atoms with Crippen LogP contribution >= 0.6 is 11.8 Å². The summed E-state index contributed by atoms with van der Waals surface area (Å²) in [5, 5.41) is 0. The van der Waals surface area contributed by atoms with Crippen LogP contribution in [0.5, 0.6) is 0 Å². The third kappa shape index (κ3) is 2.59. The molecule has 1 aliphatic heterocycles. The van der Waals surface area contributed by atoms with Gasteiger partial charge in [0, 0.05) is 17.1 Å². The number of rotatable bonds is 4. The Hall–Kier alpha value is -1.16. The van der Waals surface area contributed by atoms with Crippen molar-refractivity contribution in [2.45, 2.75) is 49.7 Å². The van der Waals surface area contributed by atoms with Crippen LogP contribution in [-0.2, 0) is 4.79 Å². The van der Waals surface area contributed by atoms with Crippen molar-refractivity contribution in [1.29, 1.82) is 0 Å². The molecule has 1 amide bonds. The van der Waals surface area contributed by atoms with Gasteiger partial charge in [-0.2, -0.15) is 0 Å². The van der Waals surface area contributed by atoms with Crippen LogP contribution in [0.2, 0.25) is 0 Å². The number of nitrogen functional groups attached to an aromatic ring is 1. The lowest BCUT2D eigenvalue weighted by molar-refractivity contribution is -0.120. The lowest BCUT2D eigenvalue weighted by Crippen LogP contribution is -2.48. The molecule has 1 atom stereocenters. The van der Waals surface area contributed by atoms with Gasteiger partial charge in [-0.1, -0.05) is 20.3 Å². The first-order valence-corrected chi connectivity index (χ1v) is 7.74. The minimum Gasteiger partial charge on any atom is -0.399 e. The van der Waals surface area contributed by atoms with Gasteiger partial charge < -0.3 is 10.6 Å². The van der Waals surface area contributed by atoms with E-state index in [1.54, 1.807) is 11.8 Å². The molecule has 2 N–H and O–H groups in total. The first-order chi connectivity index (χ1) is 9.01. The van der Waals surface area contributed by atoms with Gasteiger partial charge in [0.25, 0.3) is 0 Å². The molecule has 1 aromatic rings. The van der Waals surface area contributed by atoms with Gasteiger partial charge in [-0.15, -0.1) is 11.8 Å².